The summed E-state index contributed by atoms with van der Waals surface area (Å²) in [4.78, 5) is 31.2. The second kappa shape index (κ2) is 8.61. The number of aliphatic hydroxyl groups is 1. The molecule has 0 spiro atoms. The summed E-state index contributed by atoms with van der Waals surface area (Å²) in [5.74, 6) is -2.70. The van der Waals surface area contributed by atoms with Crippen molar-refractivity contribution in [2.45, 2.75) is 6.04 Å². The van der Waals surface area contributed by atoms with Gasteiger partial charge in [0, 0.05) is 23.6 Å². The molecule has 1 aliphatic heterocycles. The molecule has 0 bridgehead atoms. The van der Waals surface area contributed by atoms with E-state index in [4.69, 9.17) is 27.9 Å². The third-order valence-corrected chi connectivity index (χ3v) is 5.59. The van der Waals surface area contributed by atoms with Crippen LogP contribution in [-0.2, 0) is 9.59 Å². The number of amides is 1. The fourth-order valence-electron chi connectivity index (χ4n) is 3.63. The fourth-order valence-corrected chi connectivity index (χ4v) is 4.27. The molecule has 1 N–H and O–H groups in total. The Labute approximate surface area is 192 Å². The lowest BCUT2D eigenvalue weighted by atomic mass is 9.95. The zero-order chi connectivity index (χ0) is 23.0. The summed E-state index contributed by atoms with van der Waals surface area (Å²) in [5.41, 5.74) is 0.592. The maximum Gasteiger partial charge on any atom is 0.300 e. The quantitative estimate of drug-likeness (QED) is 0.322. The standard InChI is InChI=1S/C23H15Cl2FN2O4/c1-32-22-16(24)9-13(10-17(22)25)20(29)18-19(12-5-7-27-8-6-12)28(23(31)21(18)30)15-4-2-3-14(26)11-15/h2-11,19,29H,1H3/b20-18+. The van der Waals surface area contributed by atoms with Crippen LogP contribution in [0.2, 0.25) is 10.0 Å². The van der Waals surface area contributed by atoms with Crippen LogP contribution in [0.4, 0.5) is 10.1 Å². The number of hydrogen-bond acceptors (Lipinski definition) is 5. The van der Waals surface area contributed by atoms with Crippen molar-refractivity contribution < 1.29 is 23.8 Å². The molecule has 1 amide bonds. The van der Waals surface area contributed by atoms with E-state index in [-0.39, 0.29) is 32.6 Å². The summed E-state index contributed by atoms with van der Waals surface area (Å²) in [6, 6.07) is 10.2. The Balaban J connectivity index is 1.96. The highest BCUT2D eigenvalue weighted by molar-refractivity contribution is 6.51. The molecule has 32 heavy (non-hydrogen) atoms. The number of anilines is 1. The number of pyridine rings is 1. The van der Waals surface area contributed by atoms with E-state index in [9.17, 15) is 19.1 Å². The number of carbonyl (C=O) groups excluding carboxylic acids is 2. The van der Waals surface area contributed by atoms with Gasteiger partial charge in [0.05, 0.1) is 28.8 Å². The number of halogens is 3. The first-order valence-corrected chi connectivity index (χ1v) is 10.1. The van der Waals surface area contributed by atoms with E-state index >= 15 is 0 Å². The molecule has 9 heteroatoms. The van der Waals surface area contributed by atoms with Crippen molar-refractivity contribution in [3.63, 3.8) is 0 Å². The first-order valence-electron chi connectivity index (χ1n) is 9.33. The highest BCUT2D eigenvalue weighted by Crippen LogP contribution is 2.43. The average molecular weight is 473 g/mol. The van der Waals surface area contributed by atoms with Gasteiger partial charge < -0.3 is 9.84 Å². The van der Waals surface area contributed by atoms with Crippen LogP contribution in [0, 0.1) is 5.82 Å². The summed E-state index contributed by atoms with van der Waals surface area (Å²) in [7, 11) is 1.39. The van der Waals surface area contributed by atoms with Gasteiger partial charge in [-0.25, -0.2) is 4.39 Å². The molecule has 1 aromatic heterocycles. The molecule has 1 atom stereocenters. The van der Waals surface area contributed by atoms with Crippen LogP contribution in [0.5, 0.6) is 5.75 Å². The monoisotopic (exact) mass is 472 g/mol. The van der Waals surface area contributed by atoms with Gasteiger partial charge in [-0.2, -0.15) is 0 Å². The van der Waals surface area contributed by atoms with Gasteiger partial charge in [0.25, 0.3) is 11.7 Å². The Hall–Kier alpha value is -3.42. The largest absolute Gasteiger partial charge is 0.507 e. The molecule has 0 saturated carbocycles. The maximum atomic E-state index is 13.9. The molecular weight excluding hydrogens is 458 g/mol. The summed E-state index contributed by atoms with van der Waals surface area (Å²) >= 11 is 12.4. The molecule has 0 radical (unpaired) electrons. The van der Waals surface area contributed by atoms with Crippen LogP contribution in [0.1, 0.15) is 17.2 Å². The van der Waals surface area contributed by atoms with Crippen molar-refractivity contribution in [1.29, 1.82) is 0 Å². The smallest absolute Gasteiger partial charge is 0.300 e. The fraction of sp³-hybridized carbons (Fsp3) is 0.0870. The van der Waals surface area contributed by atoms with Gasteiger partial charge >= 0.3 is 0 Å². The Morgan fingerprint density at radius 1 is 1.09 bits per heavy atom. The predicted octanol–water partition coefficient (Wildman–Crippen LogP) is 5.16. The number of aromatic nitrogens is 1. The van der Waals surface area contributed by atoms with Gasteiger partial charge in [-0.05, 0) is 48.0 Å². The second-order valence-electron chi connectivity index (χ2n) is 6.90. The number of benzene rings is 2. The van der Waals surface area contributed by atoms with Gasteiger partial charge in [-0.3, -0.25) is 19.5 Å². The van der Waals surface area contributed by atoms with Crippen LogP contribution in [0.25, 0.3) is 5.76 Å². The zero-order valence-corrected chi connectivity index (χ0v) is 18.1. The summed E-state index contributed by atoms with van der Waals surface area (Å²) in [5, 5.41) is 11.3. The summed E-state index contributed by atoms with van der Waals surface area (Å²) < 4.78 is 19.0. The molecule has 162 valence electrons. The van der Waals surface area contributed by atoms with Crippen molar-refractivity contribution in [2.75, 3.05) is 12.0 Å². The Kier molecular flexibility index (Phi) is 5.86. The number of ether oxygens (including phenoxy) is 1. The van der Waals surface area contributed by atoms with Crippen LogP contribution < -0.4 is 9.64 Å². The van der Waals surface area contributed by atoms with Crippen LogP contribution in [-0.4, -0.2) is 28.9 Å². The molecule has 1 aliphatic rings. The summed E-state index contributed by atoms with van der Waals surface area (Å²) in [6.07, 6.45) is 2.98. The van der Waals surface area contributed by atoms with Gasteiger partial charge in [0.1, 0.15) is 11.6 Å². The lowest BCUT2D eigenvalue weighted by Crippen LogP contribution is -2.29. The molecule has 4 rings (SSSR count). The molecule has 1 saturated heterocycles. The molecule has 1 unspecified atom stereocenters. The Bertz CT molecular complexity index is 1240. The molecular formula is C23H15Cl2FN2O4. The number of ketones is 1. The van der Waals surface area contributed by atoms with E-state index < -0.39 is 29.3 Å². The minimum absolute atomic E-state index is 0.112. The van der Waals surface area contributed by atoms with E-state index in [1.807, 2.05) is 0 Å². The minimum Gasteiger partial charge on any atom is -0.507 e. The van der Waals surface area contributed by atoms with Crippen molar-refractivity contribution >= 4 is 46.3 Å². The van der Waals surface area contributed by atoms with Crippen molar-refractivity contribution in [3.05, 3.63) is 93.5 Å². The first kappa shape index (κ1) is 21.8. The maximum absolute atomic E-state index is 13.9. The molecule has 6 nitrogen and oxygen atoms in total. The number of aliphatic hydroxyl groups excluding tert-OH is 1. The lowest BCUT2D eigenvalue weighted by Gasteiger charge is -2.25. The van der Waals surface area contributed by atoms with Gasteiger partial charge in [-0.15, -0.1) is 0 Å². The van der Waals surface area contributed by atoms with E-state index in [0.717, 1.165) is 11.0 Å². The van der Waals surface area contributed by atoms with Gasteiger partial charge in [0.2, 0.25) is 0 Å². The molecule has 2 aromatic carbocycles. The van der Waals surface area contributed by atoms with Crippen molar-refractivity contribution in [2.24, 2.45) is 0 Å². The molecule has 0 aliphatic carbocycles. The highest BCUT2D eigenvalue weighted by atomic mass is 35.5. The van der Waals surface area contributed by atoms with E-state index in [1.54, 1.807) is 12.1 Å². The number of rotatable bonds is 4. The zero-order valence-electron chi connectivity index (χ0n) is 16.6. The van der Waals surface area contributed by atoms with Crippen molar-refractivity contribution in [3.8, 4) is 5.75 Å². The number of hydrogen-bond donors (Lipinski definition) is 1. The average Bonchev–Trinajstić information content (AvgIpc) is 3.04. The number of carbonyl (C=O) groups is 2. The number of nitrogens with zero attached hydrogens (tertiary/aromatic N) is 2. The van der Waals surface area contributed by atoms with E-state index in [1.165, 1.54) is 49.8 Å². The minimum atomic E-state index is -1.03. The van der Waals surface area contributed by atoms with Gasteiger partial charge in [-0.1, -0.05) is 29.3 Å². The lowest BCUT2D eigenvalue weighted by molar-refractivity contribution is -0.132. The van der Waals surface area contributed by atoms with Crippen molar-refractivity contribution in [1.82, 2.24) is 4.98 Å². The SMILES string of the molecule is COc1c(Cl)cc(/C(O)=C2\C(=O)C(=O)N(c3cccc(F)c3)C2c2ccncc2)cc1Cl. The van der Waals surface area contributed by atoms with E-state index in [2.05, 4.69) is 4.98 Å². The first-order chi connectivity index (χ1) is 15.3. The van der Waals surface area contributed by atoms with E-state index in [0.29, 0.717) is 5.56 Å². The molecule has 3 aromatic rings. The predicted molar refractivity (Wildman–Crippen MR) is 118 cm³/mol. The van der Waals surface area contributed by atoms with Crippen LogP contribution in [0.15, 0.2) is 66.5 Å². The highest BCUT2D eigenvalue weighted by Gasteiger charge is 2.47. The Morgan fingerprint density at radius 2 is 1.75 bits per heavy atom. The van der Waals surface area contributed by atoms with Crippen LogP contribution >= 0.6 is 23.2 Å². The number of methoxy groups -OCH3 is 1. The third-order valence-electron chi connectivity index (χ3n) is 5.03. The number of Topliss-reactive ketones (excluding diaryl/α,β-unsaturated/α-hetero) is 1. The van der Waals surface area contributed by atoms with Crippen LogP contribution in [0.3, 0.4) is 0 Å². The third kappa shape index (κ3) is 3.70. The normalized spacial score (nSPS) is 17.6. The Morgan fingerprint density at radius 3 is 2.34 bits per heavy atom. The molecule has 1 fully saturated rings. The second-order valence-corrected chi connectivity index (χ2v) is 7.72. The van der Waals surface area contributed by atoms with Gasteiger partial charge in [0.15, 0.2) is 5.75 Å². The summed E-state index contributed by atoms with van der Waals surface area (Å²) in [6.45, 7) is 0. The molecule has 2 heterocycles. The topological polar surface area (TPSA) is 79.7 Å².